The Kier molecular flexibility index (Phi) is 5.68. The maximum atomic E-state index is 12.2. The Morgan fingerprint density at radius 3 is 2.54 bits per heavy atom. The Bertz CT molecular complexity index is 815. The Labute approximate surface area is 164 Å². The van der Waals surface area contributed by atoms with Crippen molar-refractivity contribution in [2.24, 2.45) is 5.92 Å². The highest BCUT2D eigenvalue weighted by atomic mass is 16.5. The Morgan fingerprint density at radius 1 is 1.07 bits per heavy atom. The van der Waals surface area contributed by atoms with Crippen LogP contribution in [0, 0.1) is 12.8 Å². The molecule has 2 saturated heterocycles. The summed E-state index contributed by atoms with van der Waals surface area (Å²) in [6.45, 7) is 6.10. The highest BCUT2D eigenvalue weighted by Gasteiger charge is 2.23. The molecule has 2 aliphatic heterocycles. The number of carbonyl (C=O) groups is 1. The number of ether oxygens (including phenoxy) is 2. The van der Waals surface area contributed by atoms with Crippen molar-refractivity contribution in [3.05, 3.63) is 36.0 Å². The van der Waals surface area contributed by atoms with Gasteiger partial charge in [-0.05, 0) is 37.6 Å². The summed E-state index contributed by atoms with van der Waals surface area (Å²) >= 11 is 0. The number of nitrogens with one attached hydrogen (secondary N) is 2. The van der Waals surface area contributed by atoms with E-state index in [1.165, 1.54) is 0 Å². The van der Waals surface area contributed by atoms with E-state index in [-0.39, 0.29) is 11.8 Å². The molecule has 1 aromatic carbocycles. The lowest BCUT2D eigenvalue weighted by molar-refractivity contribution is -0.119. The van der Waals surface area contributed by atoms with Gasteiger partial charge < -0.3 is 25.0 Å². The number of hydrogen-bond donors (Lipinski definition) is 2. The molecule has 0 radical (unpaired) electrons. The quantitative estimate of drug-likeness (QED) is 0.819. The van der Waals surface area contributed by atoms with Gasteiger partial charge in [0, 0.05) is 42.8 Å². The van der Waals surface area contributed by atoms with E-state index in [1.54, 1.807) is 0 Å². The van der Waals surface area contributed by atoms with Crippen LogP contribution in [0.15, 0.2) is 30.3 Å². The number of nitrogens with zero attached hydrogens (tertiary/aromatic N) is 3. The van der Waals surface area contributed by atoms with Crippen molar-refractivity contribution in [3.8, 4) is 0 Å². The average Bonchev–Trinajstić information content (AvgIpc) is 3.25. The SMILES string of the molecule is Cc1cc(Nc2ccc(NC(=O)C3CCOC3)cc2)nc(N2CCOCC2)n1. The van der Waals surface area contributed by atoms with Crippen molar-refractivity contribution in [1.82, 2.24) is 9.97 Å². The molecule has 1 amide bonds. The lowest BCUT2D eigenvalue weighted by Gasteiger charge is -2.27. The molecule has 1 atom stereocenters. The number of anilines is 4. The fourth-order valence-corrected chi connectivity index (χ4v) is 3.29. The van der Waals surface area contributed by atoms with Gasteiger partial charge in [-0.2, -0.15) is 4.98 Å². The molecular formula is C20H25N5O3. The number of amides is 1. The largest absolute Gasteiger partial charge is 0.381 e. The van der Waals surface area contributed by atoms with Crippen LogP contribution in [0.4, 0.5) is 23.1 Å². The molecule has 2 fully saturated rings. The van der Waals surface area contributed by atoms with Gasteiger partial charge in [0.15, 0.2) is 0 Å². The third-order valence-corrected chi connectivity index (χ3v) is 4.86. The summed E-state index contributed by atoms with van der Waals surface area (Å²) in [5.74, 6) is 1.42. The number of benzene rings is 1. The molecule has 28 heavy (non-hydrogen) atoms. The Hall–Kier alpha value is -2.71. The standard InChI is InChI=1S/C20H25N5O3/c1-14-12-18(24-20(21-14)25-7-10-27-11-8-25)22-16-2-4-17(5-3-16)23-19(26)15-6-9-28-13-15/h2-5,12,15H,6-11,13H2,1H3,(H,23,26)(H,21,22,24). The fourth-order valence-electron chi connectivity index (χ4n) is 3.29. The van der Waals surface area contributed by atoms with Gasteiger partial charge in [-0.1, -0.05) is 0 Å². The molecule has 148 valence electrons. The summed E-state index contributed by atoms with van der Waals surface area (Å²) in [5, 5.41) is 6.26. The van der Waals surface area contributed by atoms with E-state index >= 15 is 0 Å². The van der Waals surface area contributed by atoms with Crippen LogP contribution < -0.4 is 15.5 Å². The highest BCUT2D eigenvalue weighted by molar-refractivity contribution is 5.93. The minimum absolute atomic E-state index is 0.0137. The molecule has 8 heteroatoms. The van der Waals surface area contributed by atoms with Crippen molar-refractivity contribution >= 4 is 29.0 Å². The van der Waals surface area contributed by atoms with Gasteiger partial charge in [-0.25, -0.2) is 4.98 Å². The Morgan fingerprint density at radius 2 is 1.82 bits per heavy atom. The van der Waals surface area contributed by atoms with Crippen LogP contribution in [-0.2, 0) is 14.3 Å². The lowest BCUT2D eigenvalue weighted by atomic mass is 10.1. The van der Waals surface area contributed by atoms with Gasteiger partial charge in [0.1, 0.15) is 5.82 Å². The number of rotatable bonds is 5. The minimum Gasteiger partial charge on any atom is -0.381 e. The zero-order valence-electron chi connectivity index (χ0n) is 16.0. The summed E-state index contributed by atoms with van der Waals surface area (Å²) in [4.78, 5) is 23.5. The molecule has 1 unspecified atom stereocenters. The second-order valence-corrected chi connectivity index (χ2v) is 7.05. The smallest absolute Gasteiger partial charge is 0.229 e. The first kappa shape index (κ1) is 18.6. The third kappa shape index (κ3) is 4.58. The number of carbonyl (C=O) groups excluding carboxylic acids is 1. The molecule has 2 aliphatic rings. The van der Waals surface area contributed by atoms with E-state index in [9.17, 15) is 4.79 Å². The van der Waals surface area contributed by atoms with Crippen LogP contribution in [0.25, 0.3) is 0 Å². The molecule has 8 nitrogen and oxygen atoms in total. The monoisotopic (exact) mass is 383 g/mol. The van der Waals surface area contributed by atoms with Gasteiger partial charge in [0.25, 0.3) is 0 Å². The molecule has 2 N–H and O–H groups in total. The molecular weight excluding hydrogens is 358 g/mol. The topological polar surface area (TPSA) is 88.6 Å². The summed E-state index contributed by atoms with van der Waals surface area (Å²) in [6.07, 6.45) is 0.782. The zero-order chi connectivity index (χ0) is 19.3. The summed E-state index contributed by atoms with van der Waals surface area (Å²) < 4.78 is 10.7. The van der Waals surface area contributed by atoms with Crippen molar-refractivity contribution in [2.45, 2.75) is 13.3 Å². The van der Waals surface area contributed by atoms with Crippen LogP contribution >= 0.6 is 0 Å². The normalized spacial score (nSPS) is 19.5. The highest BCUT2D eigenvalue weighted by Crippen LogP contribution is 2.22. The van der Waals surface area contributed by atoms with E-state index < -0.39 is 0 Å². The van der Waals surface area contributed by atoms with E-state index in [0.717, 1.165) is 42.4 Å². The van der Waals surface area contributed by atoms with Crippen LogP contribution in [0.1, 0.15) is 12.1 Å². The third-order valence-electron chi connectivity index (χ3n) is 4.86. The van der Waals surface area contributed by atoms with Crippen molar-refractivity contribution < 1.29 is 14.3 Å². The molecule has 0 bridgehead atoms. The van der Waals surface area contributed by atoms with Crippen LogP contribution in [0.3, 0.4) is 0 Å². The van der Waals surface area contributed by atoms with Gasteiger partial charge in [-0.15, -0.1) is 0 Å². The summed E-state index contributed by atoms with van der Waals surface area (Å²) in [5.41, 5.74) is 2.57. The van der Waals surface area contributed by atoms with E-state index in [2.05, 4.69) is 25.5 Å². The van der Waals surface area contributed by atoms with E-state index in [1.807, 2.05) is 37.3 Å². The molecule has 0 saturated carbocycles. The molecule has 4 rings (SSSR count). The van der Waals surface area contributed by atoms with E-state index in [0.29, 0.717) is 32.4 Å². The maximum absolute atomic E-state index is 12.2. The maximum Gasteiger partial charge on any atom is 0.229 e. The molecule has 0 aliphatic carbocycles. The number of aryl methyl sites for hydroxylation is 1. The number of morpholine rings is 1. The van der Waals surface area contributed by atoms with Crippen LogP contribution in [0.2, 0.25) is 0 Å². The van der Waals surface area contributed by atoms with Gasteiger partial charge >= 0.3 is 0 Å². The lowest BCUT2D eigenvalue weighted by Crippen LogP contribution is -2.37. The predicted octanol–water partition coefficient (Wildman–Crippen LogP) is 2.34. The number of aromatic nitrogens is 2. The fraction of sp³-hybridized carbons (Fsp3) is 0.450. The van der Waals surface area contributed by atoms with Crippen LogP contribution in [0.5, 0.6) is 0 Å². The molecule has 1 aromatic heterocycles. The summed E-state index contributed by atoms with van der Waals surface area (Å²) in [7, 11) is 0. The summed E-state index contributed by atoms with van der Waals surface area (Å²) in [6, 6.07) is 9.53. The first-order valence-corrected chi connectivity index (χ1v) is 9.61. The second kappa shape index (κ2) is 8.53. The Balaban J connectivity index is 1.41. The van der Waals surface area contributed by atoms with Crippen molar-refractivity contribution in [2.75, 3.05) is 55.1 Å². The molecule has 2 aromatic rings. The minimum atomic E-state index is -0.0552. The predicted molar refractivity (Wildman–Crippen MR) is 107 cm³/mol. The number of hydrogen-bond acceptors (Lipinski definition) is 7. The molecule has 3 heterocycles. The second-order valence-electron chi connectivity index (χ2n) is 7.05. The first-order chi connectivity index (χ1) is 13.7. The average molecular weight is 383 g/mol. The zero-order valence-corrected chi connectivity index (χ0v) is 16.0. The van der Waals surface area contributed by atoms with Crippen molar-refractivity contribution in [3.63, 3.8) is 0 Å². The molecule has 0 spiro atoms. The first-order valence-electron chi connectivity index (χ1n) is 9.61. The van der Waals surface area contributed by atoms with Gasteiger partial charge in [0.05, 0.1) is 25.7 Å². The van der Waals surface area contributed by atoms with Crippen molar-refractivity contribution in [1.29, 1.82) is 0 Å². The van der Waals surface area contributed by atoms with Gasteiger partial charge in [-0.3, -0.25) is 4.79 Å². The van der Waals surface area contributed by atoms with E-state index in [4.69, 9.17) is 9.47 Å². The van der Waals surface area contributed by atoms with Gasteiger partial charge in [0.2, 0.25) is 11.9 Å². The van der Waals surface area contributed by atoms with Crippen LogP contribution in [-0.4, -0.2) is 55.4 Å².